The molecule has 4 nitrogen and oxygen atoms in total. The minimum Gasteiger partial charge on any atom is -0.342 e. The molecule has 1 heterocycles. The van der Waals surface area contributed by atoms with Crippen molar-refractivity contribution in [1.29, 1.82) is 0 Å². The van der Waals surface area contributed by atoms with Gasteiger partial charge < -0.3 is 10.2 Å². The monoisotopic (exact) mass is 292 g/mol. The largest absolute Gasteiger partial charge is 0.342 e. The van der Waals surface area contributed by atoms with E-state index in [2.05, 4.69) is 19.2 Å². The maximum absolute atomic E-state index is 13.0. The van der Waals surface area contributed by atoms with Crippen molar-refractivity contribution in [3.8, 4) is 0 Å². The minimum absolute atomic E-state index is 0.0893. The molecule has 3 unspecified atom stereocenters. The number of carbonyl (C=O) groups is 2. The van der Waals surface area contributed by atoms with Crippen LogP contribution in [0.2, 0.25) is 0 Å². The highest BCUT2D eigenvalue weighted by Crippen LogP contribution is 2.38. The van der Waals surface area contributed by atoms with Gasteiger partial charge in [0, 0.05) is 6.04 Å². The quantitative estimate of drug-likeness (QED) is 0.865. The van der Waals surface area contributed by atoms with Gasteiger partial charge in [-0.1, -0.05) is 39.5 Å². The Labute approximate surface area is 127 Å². The molecule has 0 spiro atoms. The standard InChI is InChI=1S/C17H28N2O2/c1-3-11(2)15-16(20)18-14(12-9-10-12)17(21)19(15)13-7-5-4-6-8-13/h11-15H,3-10H2,1-2H3,(H,18,20). The van der Waals surface area contributed by atoms with Crippen molar-refractivity contribution in [3.63, 3.8) is 0 Å². The van der Waals surface area contributed by atoms with Crippen LogP contribution in [0.15, 0.2) is 0 Å². The van der Waals surface area contributed by atoms with Crippen molar-refractivity contribution in [1.82, 2.24) is 10.2 Å². The van der Waals surface area contributed by atoms with E-state index >= 15 is 0 Å². The Morgan fingerprint density at radius 3 is 2.38 bits per heavy atom. The van der Waals surface area contributed by atoms with E-state index in [9.17, 15) is 9.59 Å². The zero-order chi connectivity index (χ0) is 15.0. The summed E-state index contributed by atoms with van der Waals surface area (Å²) in [6, 6.07) is -0.196. The van der Waals surface area contributed by atoms with E-state index < -0.39 is 0 Å². The van der Waals surface area contributed by atoms with Crippen LogP contribution in [0.4, 0.5) is 0 Å². The number of carbonyl (C=O) groups excluding carboxylic acids is 2. The van der Waals surface area contributed by atoms with Crippen LogP contribution < -0.4 is 5.32 Å². The second kappa shape index (κ2) is 5.98. The van der Waals surface area contributed by atoms with Crippen LogP contribution in [-0.4, -0.2) is 34.8 Å². The summed E-state index contributed by atoms with van der Waals surface area (Å²) in [6.07, 6.45) is 8.90. The molecule has 4 heteroatoms. The molecule has 2 amide bonds. The van der Waals surface area contributed by atoms with Crippen molar-refractivity contribution in [3.05, 3.63) is 0 Å². The third-order valence-electron chi connectivity index (χ3n) is 5.63. The predicted molar refractivity (Wildman–Crippen MR) is 81.6 cm³/mol. The molecule has 0 aromatic heterocycles. The van der Waals surface area contributed by atoms with Gasteiger partial charge in [0.05, 0.1) is 0 Å². The van der Waals surface area contributed by atoms with Crippen LogP contribution >= 0.6 is 0 Å². The molecule has 0 bridgehead atoms. The molecule has 0 aromatic carbocycles. The number of hydrogen-bond acceptors (Lipinski definition) is 2. The number of piperazine rings is 1. The SMILES string of the molecule is CCC(C)C1C(=O)NC(C2CC2)C(=O)N1C1CCCCC1. The Balaban J connectivity index is 1.86. The summed E-state index contributed by atoms with van der Waals surface area (Å²) < 4.78 is 0. The molecule has 2 saturated carbocycles. The van der Waals surface area contributed by atoms with Gasteiger partial charge >= 0.3 is 0 Å². The average molecular weight is 292 g/mol. The molecule has 1 aliphatic heterocycles. The van der Waals surface area contributed by atoms with Crippen molar-refractivity contribution in [2.45, 2.75) is 83.3 Å². The van der Waals surface area contributed by atoms with E-state index in [0.29, 0.717) is 5.92 Å². The second-order valence-electron chi connectivity index (χ2n) is 7.19. The zero-order valence-corrected chi connectivity index (χ0v) is 13.3. The molecule has 21 heavy (non-hydrogen) atoms. The highest BCUT2D eigenvalue weighted by Gasteiger charge is 2.49. The van der Waals surface area contributed by atoms with E-state index in [0.717, 1.165) is 32.1 Å². The molecule has 118 valence electrons. The van der Waals surface area contributed by atoms with Crippen molar-refractivity contribution in [2.24, 2.45) is 11.8 Å². The lowest BCUT2D eigenvalue weighted by atomic mass is 9.86. The molecular formula is C17H28N2O2. The molecule has 1 N–H and O–H groups in total. The van der Waals surface area contributed by atoms with Crippen LogP contribution in [0, 0.1) is 11.8 Å². The fourth-order valence-electron chi connectivity index (χ4n) is 4.00. The van der Waals surface area contributed by atoms with Crippen LogP contribution in [0.5, 0.6) is 0 Å². The summed E-state index contributed by atoms with van der Waals surface area (Å²) >= 11 is 0. The summed E-state index contributed by atoms with van der Waals surface area (Å²) in [5.74, 6) is 0.919. The van der Waals surface area contributed by atoms with Crippen LogP contribution in [0.25, 0.3) is 0 Å². The van der Waals surface area contributed by atoms with Crippen LogP contribution in [-0.2, 0) is 9.59 Å². The van der Waals surface area contributed by atoms with Gasteiger partial charge in [0.25, 0.3) is 0 Å². The predicted octanol–water partition coefficient (Wildman–Crippen LogP) is 2.47. The van der Waals surface area contributed by atoms with Gasteiger partial charge in [0.2, 0.25) is 11.8 Å². The summed E-state index contributed by atoms with van der Waals surface area (Å²) in [6.45, 7) is 4.21. The number of amides is 2. The first-order valence-electron chi connectivity index (χ1n) is 8.76. The summed E-state index contributed by atoms with van der Waals surface area (Å²) in [7, 11) is 0. The van der Waals surface area contributed by atoms with Crippen molar-refractivity contribution < 1.29 is 9.59 Å². The number of hydrogen-bond donors (Lipinski definition) is 1. The third-order valence-corrected chi connectivity index (χ3v) is 5.63. The highest BCUT2D eigenvalue weighted by atomic mass is 16.2. The normalized spacial score (nSPS) is 33.0. The zero-order valence-electron chi connectivity index (χ0n) is 13.3. The summed E-state index contributed by atoms with van der Waals surface area (Å²) in [5, 5.41) is 3.03. The topological polar surface area (TPSA) is 49.4 Å². The number of nitrogens with one attached hydrogen (secondary N) is 1. The Kier molecular flexibility index (Phi) is 4.23. The smallest absolute Gasteiger partial charge is 0.246 e. The molecule has 3 rings (SSSR count). The maximum atomic E-state index is 13.0. The fraction of sp³-hybridized carbons (Fsp3) is 0.882. The summed E-state index contributed by atoms with van der Waals surface area (Å²) in [5.41, 5.74) is 0. The molecule has 2 aliphatic carbocycles. The van der Waals surface area contributed by atoms with Gasteiger partial charge in [-0.05, 0) is 37.5 Å². The fourth-order valence-corrected chi connectivity index (χ4v) is 4.00. The number of nitrogens with zero attached hydrogens (tertiary/aromatic N) is 1. The molecule has 0 radical (unpaired) electrons. The van der Waals surface area contributed by atoms with E-state index in [4.69, 9.17) is 0 Å². The average Bonchev–Trinajstić information content (AvgIpc) is 3.33. The van der Waals surface area contributed by atoms with E-state index in [-0.39, 0.29) is 35.9 Å². The van der Waals surface area contributed by atoms with Crippen molar-refractivity contribution in [2.75, 3.05) is 0 Å². The van der Waals surface area contributed by atoms with Crippen LogP contribution in [0.1, 0.15) is 65.2 Å². The molecule has 3 aliphatic rings. The lowest BCUT2D eigenvalue weighted by Crippen LogP contribution is -2.68. The van der Waals surface area contributed by atoms with Gasteiger partial charge in [0.15, 0.2) is 0 Å². The number of rotatable bonds is 4. The first-order chi connectivity index (χ1) is 10.1. The first kappa shape index (κ1) is 14.9. The minimum atomic E-state index is -0.249. The molecule has 3 atom stereocenters. The summed E-state index contributed by atoms with van der Waals surface area (Å²) in [4.78, 5) is 27.6. The highest BCUT2D eigenvalue weighted by molar-refractivity contribution is 5.97. The van der Waals surface area contributed by atoms with E-state index in [1.807, 2.05) is 4.90 Å². The second-order valence-corrected chi connectivity index (χ2v) is 7.19. The molecular weight excluding hydrogens is 264 g/mol. The van der Waals surface area contributed by atoms with Gasteiger partial charge in [-0.3, -0.25) is 9.59 Å². The Morgan fingerprint density at radius 2 is 1.81 bits per heavy atom. The van der Waals surface area contributed by atoms with Gasteiger partial charge in [-0.25, -0.2) is 0 Å². The Morgan fingerprint density at radius 1 is 1.14 bits per heavy atom. The van der Waals surface area contributed by atoms with Crippen molar-refractivity contribution >= 4 is 11.8 Å². The van der Waals surface area contributed by atoms with Gasteiger partial charge in [-0.15, -0.1) is 0 Å². The maximum Gasteiger partial charge on any atom is 0.246 e. The Bertz CT molecular complexity index is 413. The first-order valence-corrected chi connectivity index (χ1v) is 8.76. The van der Waals surface area contributed by atoms with E-state index in [1.54, 1.807) is 0 Å². The lowest BCUT2D eigenvalue weighted by molar-refractivity contribution is -0.156. The molecule has 1 saturated heterocycles. The van der Waals surface area contributed by atoms with Crippen LogP contribution in [0.3, 0.4) is 0 Å². The van der Waals surface area contributed by atoms with Gasteiger partial charge in [0.1, 0.15) is 12.1 Å². The third kappa shape index (κ3) is 2.82. The lowest BCUT2D eigenvalue weighted by Gasteiger charge is -2.46. The molecule has 0 aromatic rings. The molecule has 3 fully saturated rings. The van der Waals surface area contributed by atoms with Gasteiger partial charge in [-0.2, -0.15) is 0 Å². The van der Waals surface area contributed by atoms with E-state index in [1.165, 1.54) is 19.3 Å². The Hall–Kier alpha value is -1.06.